The number of nitrogens with zero attached hydrogens (tertiary/aromatic N) is 1. The van der Waals surface area contributed by atoms with E-state index in [9.17, 15) is 9.59 Å². The molecule has 0 bridgehead atoms. The van der Waals surface area contributed by atoms with Crippen molar-refractivity contribution in [1.29, 1.82) is 0 Å². The minimum Gasteiger partial charge on any atom is -0.338 e. The largest absolute Gasteiger partial charge is 0.338 e. The highest BCUT2D eigenvalue weighted by Crippen LogP contribution is 2.28. The molecule has 4 heteroatoms. The second kappa shape index (κ2) is 4.29. The van der Waals surface area contributed by atoms with Gasteiger partial charge in [-0.05, 0) is 24.8 Å². The monoisotopic (exact) mass is 206 g/mol. The van der Waals surface area contributed by atoms with Gasteiger partial charge < -0.3 is 9.88 Å². The van der Waals surface area contributed by atoms with Gasteiger partial charge in [0, 0.05) is 18.8 Å². The Hall–Kier alpha value is -1.58. The number of pyridine rings is 1. The Balaban J connectivity index is 2.23. The van der Waals surface area contributed by atoms with Crippen LogP contribution in [0.1, 0.15) is 30.9 Å². The first kappa shape index (κ1) is 9.96. The molecule has 1 aliphatic rings. The number of likely N-dealkylation sites (tertiary alicyclic amines) is 1. The molecule has 0 saturated carbocycles. The van der Waals surface area contributed by atoms with Crippen molar-refractivity contribution in [2.75, 3.05) is 6.54 Å². The third kappa shape index (κ3) is 2.09. The molecule has 2 rings (SSSR count). The number of rotatable bonds is 2. The lowest BCUT2D eigenvalue weighted by atomic mass is 9.97. The van der Waals surface area contributed by atoms with E-state index in [4.69, 9.17) is 0 Å². The number of carbonyl (C=O) groups excluding carboxylic acids is 1. The number of aromatic amines is 1. The minimum atomic E-state index is -0.104. The maximum atomic E-state index is 10.9. The van der Waals surface area contributed by atoms with Gasteiger partial charge in [0.25, 0.3) is 0 Å². The Morgan fingerprint density at radius 1 is 1.40 bits per heavy atom. The van der Waals surface area contributed by atoms with Gasteiger partial charge in [0.1, 0.15) is 0 Å². The fourth-order valence-electron chi connectivity index (χ4n) is 2.07. The number of hydrogen-bond acceptors (Lipinski definition) is 2. The van der Waals surface area contributed by atoms with Gasteiger partial charge in [0.2, 0.25) is 12.0 Å². The summed E-state index contributed by atoms with van der Waals surface area (Å²) >= 11 is 0. The molecule has 0 aromatic carbocycles. The third-order valence-corrected chi connectivity index (χ3v) is 2.87. The molecular formula is C11H14N2O2. The van der Waals surface area contributed by atoms with E-state index < -0.39 is 0 Å². The zero-order valence-corrected chi connectivity index (χ0v) is 8.48. The van der Waals surface area contributed by atoms with Gasteiger partial charge >= 0.3 is 0 Å². The van der Waals surface area contributed by atoms with Crippen LogP contribution < -0.4 is 5.56 Å². The lowest BCUT2D eigenvalue weighted by Gasteiger charge is -2.32. The molecule has 0 unspecified atom stereocenters. The number of hydrogen-bond donors (Lipinski definition) is 1. The second-order valence-corrected chi connectivity index (χ2v) is 3.84. The summed E-state index contributed by atoms with van der Waals surface area (Å²) in [6.45, 7) is 0.813. The van der Waals surface area contributed by atoms with E-state index >= 15 is 0 Å². The Morgan fingerprint density at radius 2 is 2.27 bits per heavy atom. The predicted octanol–water partition coefficient (Wildman–Crippen LogP) is 1.06. The smallest absolute Gasteiger partial charge is 0.247 e. The van der Waals surface area contributed by atoms with Crippen LogP contribution in [0.2, 0.25) is 0 Å². The Bertz CT molecular complexity index is 379. The fraction of sp³-hybridized carbons (Fsp3) is 0.455. The predicted molar refractivity (Wildman–Crippen MR) is 56.4 cm³/mol. The van der Waals surface area contributed by atoms with Crippen LogP contribution >= 0.6 is 0 Å². The zero-order chi connectivity index (χ0) is 10.7. The van der Waals surface area contributed by atoms with Crippen molar-refractivity contribution in [2.24, 2.45) is 0 Å². The average molecular weight is 206 g/mol. The molecule has 80 valence electrons. The first-order valence-electron chi connectivity index (χ1n) is 5.21. The summed E-state index contributed by atoms with van der Waals surface area (Å²) in [5, 5.41) is 0. The molecule has 1 amide bonds. The van der Waals surface area contributed by atoms with Crippen molar-refractivity contribution in [2.45, 2.75) is 25.3 Å². The van der Waals surface area contributed by atoms with Gasteiger partial charge in [-0.2, -0.15) is 0 Å². The topological polar surface area (TPSA) is 53.2 Å². The van der Waals surface area contributed by atoms with Gasteiger partial charge in [-0.1, -0.05) is 6.07 Å². The van der Waals surface area contributed by atoms with E-state index in [0.29, 0.717) is 0 Å². The highest BCUT2D eigenvalue weighted by atomic mass is 16.1. The average Bonchev–Trinajstić information content (AvgIpc) is 2.30. The molecule has 4 nitrogen and oxygen atoms in total. The first-order chi connectivity index (χ1) is 7.31. The maximum Gasteiger partial charge on any atom is 0.247 e. The molecule has 1 aromatic rings. The standard InChI is InChI=1S/C11H14N2O2/c14-8-13-6-2-1-3-10(13)9-4-5-11(15)12-7-9/h4-5,7-8,10H,1-3,6H2,(H,12,15)/t10-/m1/s1. The van der Waals surface area contributed by atoms with E-state index in [2.05, 4.69) is 4.98 Å². The van der Waals surface area contributed by atoms with Gasteiger partial charge in [-0.3, -0.25) is 9.59 Å². The summed E-state index contributed by atoms with van der Waals surface area (Å²) < 4.78 is 0. The maximum absolute atomic E-state index is 10.9. The lowest BCUT2D eigenvalue weighted by Crippen LogP contribution is -2.32. The summed E-state index contributed by atoms with van der Waals surface area (Å²) in [5.41, 5.74) is 0.911. The highest BCUT2D eigenvalue weighted by molar-refractivity contribution is 5.49. The molecule has 2 heterocycles. The Labute approximate surface area is 87.9 Å². The minimum absolute atomic E-state index is 0.104. The molecule has 1 N–H and O–H groups in total. The molecule has 1 aliphatic heterocycles. The zero-order valence-electron chi connectivity index (χ0n) is 8.48. The lowest BCUT2D eigenvalue weighted by molar-refractivity contribution is -0.121. The summed E-state index contributed by atoms with van der Waals surface area (Å²) in [6, 6.07) is 3.44. The van der Waals surface area contributed by atoms with Crippen molar-refractivity contribution in [3.63, 3.8) is 0 Å². The number of piperidine rings is 1. The van der Waals surface area contributed by atoms with Crippen LogP contribution in [0.4, 0.5) is 0 Å². The summed E-state index contributed by atoms with van der Waals surface area (Å²) in [4.78, 5) is 26.2. The van der Waals surface area contributed by atoms with Crippen LogP contribution in [0.25, 0.3) is 0 Å². The molecule has 0 radical (unpaired) electrons. The van der Waals surface area contributed by atoms with Crippen LogP contribution in [-0.4, -0.2) is 22.8 Å². The summed E-state index contributed by atoms with van der Waals surface area (Å²) in [7, 11) is 0. The molecule has 1 aromatic heterocycles. The van der Waals surface area contributed by atoms with Crippen molar-refractivity contribution >= 4 is 6.41 Å². The molecule has 0 spiro atoms. The van der Waals surface area contributed by atoms with Gasteiger partial charge in [0.15, 0.2) is 0 Å². The van der Waals surface area contributed by atoms with Crippen molar-refractivity contribution in [1.82, 2.24) is 9.88 Å². The van der Waals surface area contributed by atoms with E-state index in [0.717, 1.165) is 37.8 Å². The van der Waals surface area contributed by atoms with E-state index in [-0.39, 0.29) is 11.6 Å². The molecule has 1 fully saturated rings. The van der Waals surface area contributed by atoms with Crippen LogP contribution in [0.5, 0.6) is 0 Å². The Kier molecular flexibility index (Phi) is 2.85. The van der Waals surface area contributed by atoms with Gasteiger partial charge in [-0.15, -0.1) is 0 Å². The van der Waals surface area contributed by atoms with Crippen molar-refractivity contribution < 1.29 is 4.79 Å². The second-order valence-electron chi connectivity index (χ2n) is 3.84. The normalized spacial score (nSPS) is 21.3. The van der Waals surface area contributed by atoms with Crippen molar-refractivity contribution in [3.05, 3.63) is 34.2 Å². The summed E-state index contributed by atoms with van der Waals surface area (Å²) in [5.74, 6) is 0. The summed E-state index contributed by atoms with van der Waals surface area (Å²) in [6.07, 6.45) is 5.78. The molecule has 0 aliphatic carbocycles. The third-order valence-electron chi connectivity index (χ3n) is 2.87. The molecular weight excluding hydrogens is 192 g/mol. The SMILES string of the molecule is O=CN1CCCC[C@@H]1c1ccc(=O)[nH]c1. The van der Waals surface area contributed by atoms with E-state index in [1.54, 1.807) is 17.2 Å². The molecule has 1 saturated heterocycles. The van der Waals surface area contributed by atoms with Gasteiger partial charge in [-0.25, -0.2) is 0 Å². The quantitative estimate of drug-likeness (QED) is 0.735. The van der Waals surface area contributed by atoms with Crippen LogP contribution in [0.3, 0.4) is 0 Å². The van der Waals surface area contributed by atoms with Crippen LogP contribution in [-0.2, 0) is 4.79 Å². The molecule has 15 heavy (non-hydrogen) atoms. The van der Waals surface area contributed by atoms with Crippen molar-refractivity contribution in [3.8, 4) is 0 Å². The van der Waals surface area contributed by atoms with E-state index in [1.165, 1.54) is 6.07 Å². The highest BCUT2D eigenvalue weighted by Gasteiger charge is 2.22. The number of carbonyl (C=O) groups is 1. The molecule has 1 atom stereocenters. The Morgan fingerprint density at radius 3 is 2.93 bits per heavy atom. The number of nitrogens with one attached hydrogen (secondary N) is 1. The van der Waals surface area contributed by atoms with E-state index in [1.807, 2.05) is 0 Å². The van der Waals surface area contributed by atoms with Crippen LogP contribution in [0.15, 0.2) is 23.1 Å². The number of H-pyrrole nitrogens is 1. The van der Waals surface area contributed by atoms with Crippen LogP contribution in [0, 0.1) is 0 Å². The number of aromatic nitrogens is 1. The van der Waals surface area contributed by atoms with Gasteiger partial charge in [0.05, 0.1) is 6.04 Å². The first-order valence-corrected chi connectivity index (χ1v) is 5.21. The number of amides is 1. The fourth-order valence-corrected chi connectivity index (χ4v) is 2.07.